The predicted octanol–water partition coefficient (Wildman–Crippen LogP) is 3.32. The van der Waals surface area contributed by atoms with Gasteiger partial charge in [-0.1, -0.05) is 0 Å². The van der Waals surface area contributed by atoms with Gasteiger partial charge in [0, 0.05) is 24.7 Å². The molecule has 0 spiro atoms. The molecule has 1 aliphatic heterocycles. The van der Waals surface area contributed by atoms with E-state index in [0.717, 1.165) is 0 Å². The lowest BCUT2D eigenvalue weighted by molar-refractivity contribution is -0.288. The molecule has 1 aromatic carbocycles. The van der Waals surface area contributed by atoms with E-state index in [0.29, 0.717) is 12.8 Å². The van der Waals surface area contributed by atoms with E-state index in [1.54, 1.807) is 0 Å². The van der Waals surface area contributed by atoms with Gasteiger partial charge in [-0.3, -0.25) is 14.3 Å². The van der Waals surface area contributed by atoms with E-state index < -0.39 is 64.7 Å². The highest BCUT2D eigenvalue weighted by molar-refractivity contribution is 5.92. The fraction of sp³-hybridized carbons (Fsp3) is 0.619. The standard InChI is InChI=1S/C21H23F7N4O3/c1-8-15-13(18(34)30-19(35)32(15)11-2-3-11)17(33)14(22)16(8)31-6-9(10(5-29)7-31)4-12(20(23,24)25)21(26,27)28/h9-12,33H,2-7,29H2,1H3,(H,30,34,35). The fourth-order valence-corrected chi connectivity index (χ4v) is 5.10. The molecule has 194 valence electrons. The molecule has 7 nitrogen and oxygen atoms in total. The van der Waals surface area contributed by atoms with Crippen LogP contribution >= 0.6 is 0 Å². The molecule has 1 aromatic heterocycles. The van der Waals surface area contributed by atoms with Gasteiger partial charge in [0.2, 0.25) is 0 Å². The second-order valence-corrected chi connectivity index (χ2v) is 9.25. The van der Waals surface area contributed by atoms with E-state index in [-0.39, 0.29) is 42.4 Å². The first-order chi connectivity index (χ1) is 16.2. The van der Waals surface area contributed by atoms with Crippen LogP contribution in [0.4, 0.5) is 36.4 Å². The van der Waals surface area contributed by atoms with Crippen LogP contribution in [0.3, 0.4) is 0 Å². The monoisotopic (exact) mass is 512 g/mol. The maximum absolute atomic E-state index is 15.3. The SMILES string of the molecule is Cc1c(N2CC(CN)C(CC(C(F)(F)F)C(F)(F)F)C2)c(F)c(O)c2c(=O)[nH]c(=O)n(C3CC3)c12. The van der Waals surface area contributed by atoms with Crippen molar-refractivity contribution in [2.45, 2.75) is 44.6 Å². The molecule has 2 unspecified atom stereocenters. The number of nitrogens with two attached hydrogens (primary N) is 1. The van der Waals surface area contributed by atoms with Gasteiger partial charge in [0.05, 0.1) is 11.2 Å². The molecule has 1 saturated heterocycles. The maximum Gasteiger partial charge on any atom is 0.400 e. The molecule has 2 aliphatic rings. The Morgan fingerprint density at radius 1 is 1.09 bits per heavy atom. The van der Waals surface area contributed by atoms with Gasteiger partial charge in [-0.25, -0.2) is 9.18 Å². The van der Waals surface area contributed by atoms with Crippen molar-refractivity contribution in [1.29, 1.82) is 0 Å². The molecule has 0 bridgehead atoms. The number of phenolic OH excluding ortho intramolecular Hbond substituents is 1. The highest BCUT2D eigenvalue weighted by atomic mass is 19.4. The number of anilines is 1. The maximum atomic E-state index is 15.3. The summed E-state index contributed by atoms with van der Waals surface area (Å²) in [7, 11) is 0. The molecule has 14 heteroatoms. The van der Waals surface area contributed by atoms with Crippen molar-refractivity contribution >= 4 is 16.6 Å². The molecule has 2 aromatic rings. The van der Waals surface area contributed by atoms with E-state index in [1.165, 1.54) is 16.4 Å². The van der Waals surface area contributed by atoms with Gasteiger partial charge in [-0.05, 0) is 44.6 Å². The smallest absolute Gasteiger partial charge is 0.400 e. The number of nitrogens with one attached hydrogen (secondary N) is 1. The fourth-order valence-electron chi connectivity index (χ4n) is 5.10. The lowest BCUT2D eigenvalue weighted by Crippen LogP contribution is -2.39. The third-order valence-electron chi connectivity index (χ3n) is 6.94. The summed E-state index contributed by atoms with van der Waals surface area (Å²) in [5, 5.41) is 10.1. The molecular formula is C21H23F7N4O3. The summed E-state index contributed by atoms with van der Waals surface area (Å²) in [6, 6.07) is -0.291. The first-order valence-electron chi connectivity index (χ1n) is 10.9. The zero-order chi connectivity index (χ0) is 26.0. The molecule has 4 N–H and O–H groups in total. The second kappa shape index (κ2) is 8.42. The van der Waals surface area contributed by atoms with Crippen LogP contribution in [0, 0.1) is 30.5 Å². The lowest BCUT2D eigenvalue weighted by atomic mass is 9.86. The number of nitrogens with zero attached hydrogens (tertiary/aromatic N) is 2. The number of hydrogen-bond donors (Lipinski definition) is 3. The third-order valence-corrected chi connectivity index (χ3v) is 6.94. The number of benzene rings is 1. The molecule has 2 atom stereocenters. The zero-order valence-electron chi connectivity index (χ0n) is 18.4. The van der Waals surface area contributed by atoms with Crippen molar-refractivity contribution in [1.82, 2.24) is 9.55 Å². The number of aromatic hydroxyl groups is 1. The van der Waals surface area contributed by atoms with Crippen LogP contribution < -0.4 is 21.9 Å². The first-order valence-corrected chi connectivity index (χ1v) is 10.9. The van der Waals surface area contributed by atoms with Crippen LogP contribution in [-0.2, 0) is 0 Å². The first kappa shape index (κ1) is 25.3. The summed E-state index contributed by atoms with van der Waals surface area (Å²) in [5.74, 6) is -7.85. The van der Waals surface area contributed by atoms with Gasteiger partial charge in [-0.15, -0.1) is 0 Å². The van der Waals surface area contributed by atoms with Crippen LogP contribution in [0.25, 0.3) is 10.9 Å². The van der Waals surface area contributed by atoms with Gasteiger partial charge in [0.25, 0.3) is 5.56 Å². The summed E-state index contributed by atoms with van der Waals surface area (Å²) in [5.41, 5.74) is 3.64. The molecule has 0 amide bonds. The van der Waals surface area contributed by atoms with Gasteiger partial charge in [0.1, 0.15) is 5.39 Å². The number of rotatable bonds is 5. The number of aryl methyl sites for hydroxylation is 1. The van der Waals surface area contributed by atoms with Crippen LogP contribution in [0.15, 0.2) is 9.59 Å². The summed E-state index contributed by atoms with van der Waals surface area (Å²) in [6.45, 7) is 0.598. The Morgan fingerprint density at radius 2 is 1.66 bits per heavy atom. The third kappa shape index (κ3) is 4.36. The summed E-state index contributed by atoms with van der Waals surface area (Å²) in [4.78, 5) is 28.1. The van der Waals surface area contributed by atoms with Gasteiger partial charge in [0.15, 0.2) is 17.5 Å². The van der Waals surface area contributed by atoms with Crippen LogP contribution in [0.2, 0.25) is 0 Å². The zero-order valence-corrected chi connectivity index (χ0v) is 18.4. The minimum Gasteiger partial charge on any atom is -0.504 e. The normalized spacial score (nSPS) is 21.5. The lowest BCUT2D eigenvalue weighted by Gasteiger charge is -2.27. The Bertz CT molecular complexity index is 1250. The highest BCUT2D eigenvalue weighted by Crippen LogP contribution is 2.47. The van der Waals surface area contributed by atoms with Crippen molar-refractivity contribution in [3.05, 3.63) is 32.2 Å². The van der Waals surface area contributed by atoms with Gasteiger partial charge in [-0.2, -0.15) is 26.3 Å². The Kier molecular flexibility index (Phi) is 6.09. The quantitative estimate of drug-likeness (QED) is 0.534. The number of H-pyrrole nitrogens is 1. The van der Waals surface area contributed by atoms with Crippen LogP contribution in [0.1, 0.15) is 30.9 Å². The molecule has 1 aliphatic carbocycles. The van der Waals surface area contributed by atoms with E-state index in [1.807, 2.05) is 4.98 Å². The van der Waals surface area contributed by atoms with E-state index in [2.05, 4.69) is 0 Å². The number of hydrogen-bond acceptors (Lipinski definition) is 5. The minimum atomic E-state index is -5.52. The van der Waals surface area contributed by atoms with Gasteiger partial charge >= 0.3 is 18.0 Å². The van der Waals surface area contributed by atoms with Crippen molar-refractivity contribution in [2.24, 2.45) is 23.5 Å². The molecule has 2 heterocycles. The Morgan fingerprint density at radius 3 is 2.17 bits per heavy atom. The number of fused-ring (bicyclic) bond motifs is 1. The number of alkyl halides is 6. The Labute approximate surface area is 193 Å². The van der Waals surface area contributed by atoms with Crippen molar-refractivity contribution in [3.8, 4) is 5.75 Å². The number of halogens is 7. The average Bonchev–Trinajstić information content (AvgIpc) is 3.48. The van der Waals surface area contributed by atoms with Crippen molar-refractivity contribution < 1.29 is 35.8 Å². The minimum absolute atomic E-state index is 0.0219. The molecular weight excluding hydrogens is 489 g/mol. The highest BCUT2D eigenvalue weighted by Gasteiger charge is 2.57. The molecule has 2 fully saturated rings. The Balaban J connectivity index is 1.81. The van der Waals surface area contributed by atoms with Crippen molar-refractivity contribution in [3.63, 3.8) is 0 Å². The summed E-state index contributed by atoms with van der Waals surface area (Å²) < 4.78 is 95.5. The molecule has 35 heavy (non-hydrogen) atoms. The van der Waals surface area contributed by atoms with Crippen LogP contribution in [0.5, 0.6) is 5.75 Å². The number of phenols is 1. The number of aromatic nitrogens is 2. The second-order valence-electron chi connectivity index (χ2n) is 9.25. The summed E-state index contributed by atoms with van der Waals surface area (Å²) in [6.07, 6.45) is -11.1. The average molecular weight is 512 g/mol. The largest absolute Gasteiger partial charge is 0.504 e. The van der Waals surface area contributed by atoms with Crippen LogP contribution in [-0.4, -0.2) is 46.6 Å². The topological polar surface area (TPSA) is 104 Å². The van der Waals surface area contributed by atoms with E-state index in [4.69, 9.17) is 5.73 Å². The van der Waals surface area contributed by atoms with E-state index >= 15 is 4.39 Å². The Hall–Kier alpha value is -2.77. The molecule has 4 rings (SSSR count). The van der Waals surface area contributed by atoms with E-state index in [9.17, 15) is 41.0 Å². The van der Waals surface area contributed by atoms with Gasteiger partial charge < -0.3 is 15.7 Å². The predicted molar refractivity (Wildman–Crippen MR) is 112 cm³/mol. The summed E-state index contributed by atoms with van der Waals surface area (Å²) >= 11 is 0. The molecule has 0 radical (unpaired) electrons. The number of aromatic amines is 1. The van der Waals surface area contributed by atoms with Crippen molar-refractivity contribution in [2.75, 3.05) is 24.5 Å². The molecule has 1 saturated carbocycles.